The highest BCUT2D eigenvalue weighted by Crippen LogP contribution is 2.42. The lowest BCUT2D eigenvalue weighted by molar-refractivity contribution is -0.384. The summed E-state index contributed by atoms with van der Waals surface area (Å²) < 4.78 is 17.2. The number of carbonyl (C=O) groups excluding carboxylic acids is 1. The average molecular weight is 487 g/mol. The van der Waals surface area contributed by atoms with Gasteiger partial charge in [0.05, 0.1) is 31.1 Å². The molecular weight excluding hydrogens is 460 g/mol. The molecule has 4 aromatic rings. The number of nitrogens with one attached hydrogen (secondary N) is 1. The third-order valence-corrected chi connectivity index (χ3v) is 6.11. The SMILES string of the molecule is COc1ccccc1-c1coc2c(C)c(OC)c(/C(C)=C/C(=O)Nc3cc([N+](=O)[O-])ccc3C)cc12. The molecule has 1 amide bonds. The van der Waals surface area contributed by atoms with E-state index in [-0.39, 0.29) is 5.69 Å². The number of furan rings is 1. The predicted octanol–water partition coefficient (Wildman–Crippen LogP) is 6.68. The van der Waals surface area contributed by atoms with Crippen molar-refractivity contribution in [1.29, 1.82) is 0 Å². The molecule has 1 N–H and O–H groups in total. The summed E-state index contributed by atoms with van der Waals surface area (Å²) in [6, 6.07) is 14.0. The van der Waals surface area contributed by atoms with E-state index in [1.807, 2.05) is 44.2 Å². The number of non-ortho nitro benzene ring substituents is 1. The molecule has 0 spiro atoms. The van der Waals surface area contributed by atoms with Gasteiger partial charge in [0.1, 0.15) is 17.1 Å². The monoisotopic (exact) mass is 486 g/mol. The van der Waals surface area contributed by atoms with Gasteiger partial charge in [-0.25, -0.2) is 0 Å². The number of ether oxygens (including phenoxy) is 2. The van der Waals surface area contributed by atoms with Gasteiger partial charge in [0.2, 0.25) is 5.91 Å². The summed E-state index contributed by atoms with van der Waals surface area (Å²) in [5.41, 5.74) is 5.61. The Morgan fingerprint density at radius 2 is 1.81 bits per heavy atom. The van der Waals surface area contributed by atoms with Gasteiger partial charge in [0.15, 0.2) is 0 Å². The van der Waals surface area contributed by atoms with Crippen LogP contribution in [-0.4, -0.2) is 25.1 Å². The summed E-state index contributed by atoms with van der Waals surface area (Å²) in [6.07, 6.45) is 3.14. The molecule has 0 saturated heterocycles. The minimum absolute atomic E-state index is 0.0943. The average Bonchev–Trinajstić information content (AvgIpc) is 3.29. The van der Waals surface area contributed by atoms with Crippen molar-refractivity contribution in [3.63, 3.8) is 0 Å². The van der Waals surface area contributed by atoms with Crippen LogP contribution in [0.5, 0.6) is 11.5 Å². The standard InChI is InChI=1S/C28H26N2O6/c1-16-10-11-19(30(32)33)13-24(16)29-26(31)12-17(2)21-14-22-23(20-8-6-7-9-25(20)34-4)15-36-28(22)18(3)27(21)35-5/h6-15H,1-5H3,(H,29,31)/b17-12+. The van der Waals surface area contributed by atoms with Gasteiger partial charge >= 0.3 is 0 Å². The smallest absolute Gasteiger partial charge is 0.271 e. The van der Waals surface area contributed by atoms with Gasteiger partial charge in [0.25, 0.3) is 5.69 Å². The highest BCUT2D eigenvalue weighted by molar-refractivity contribution is 6.06. The molecule has 36 heavy (non-hydrogen) atoms. The van der Waals surface area contributed by atoms with Crippen LogP contribution in [0.4, 0.5) is 11.4 Å². The van der Waals surface area contributed by atoms with E-state index in [9.17, 15) is 14.9 Å². The van der Waals surface area contributed by atoms with Crippen molar-refractivity contribution in [2.45, 2.75) is 20.8 Å². The molecule has 0 aliphatic rings. The Morgan fingerprint density at radius 3 is 2.50 bits per heavy atom. The molecule has 3 aromatic carbocycles. The summed E-state index contributed by atoms with van der Waals surface area (Å²) in [6.45, 7) is 5.49. The maximum absolute atomic E-state index is 12.9. The Labute approximate surface area is 208 Å². The first-order chi connectivity index (χ1) is 17.2. The van der Waals surface area contributed by atoms with E-state index in [1.165, 1.54) is 18.2 Å². The van der Waals surface area contributed by atoms with Crippen molar-refractivity contribution < 1.29 is 23.6 Å². The van der Waals surface area contributed by atoms with Gasteiger partial charge in [-0.05, 0) is 44.0 Å². The first-order valence-corrected chi connectivity index (χ1v) is 11.2. The predicted molar refractivity (Wildman–Crippen MR) is 140 cm³/mol. The number of methoxy groups -OCH3 is 2. The van der Waals surface area contributed by atoms with Crippen molar-refractivity contribution >= 4 is 33.8 Å². The van der Waals surface area contributed by atoms with Crippen molar-refractivity contribution in [2.24, 2.45) is 0 Å². The van der Waals surface area contributed by atoms with Gasteiger partial charge in [-0.15, -0.1) is 0 Å². The van der Waals surface area contributed by atoms with Gasteiger partial charge in [0, 0.05) is 45.8 Å². The van der Waals surface area contributed by atoms with Gasteiger partial charge in [-0.1, -0.05) is 24.3 Å². The maximum Gasteiger partial charge on any atom is 0.271 e. The third kappa shape index (κ3) is 4.53. The summed E-state index contributed by atoms with van der Waals surface area (Å²) in [7, 11) is 3.19. The van der Waals surface area contributed by atoms with Crippen LogP contribution in [0.2, 0.25) is 0 Å². The Kier molecular flexibility index (Phi) is 6.78. The molecule has 8 heteroatoms. The number of benzene rings is 3. The first-order valence-electron chi connectivity index (χ1n) is 11.2. The molecule has 0 aliphatic heterocycles. The topological polar surface area (TPSA) is 104 Å². The number of nitrogens with zero attached hydrogens (tertiary/aromatic N) is 1. The zero-order valence-electron chi connectivity index (χ0n) is 20.7. The molecule has 0 atom stereocenters. The maximum atomic E-state index is 12.9. The third-order valence-electron chi connectivity index (χ3n) is 6.11. The zero-order chi connectivity index (χ0) is 26.0. The number of amides is 1. The molecule has 0 aliphatic carbocycles. The minimum atomic E-state index is -0.497. The van der Waals surface area contributed by atoms with Crippen LogP contribution in [0.1, 0.15) is 23.6 Å². The molecule has 0 unspecified atom stereocenters. The second-order valence-electron chi connectivity index (χ2n) is 8.38. The van der Waals surface area contributed by atoms with Crippen LogP contribution in [0.25, 0.3) is 27.7 Å². The molecule has 0 radical (unpaired) electrons. The minimum Gasteiger partial charge on any atom is -0.496 e. The molecule has 1 aromatic heterocycles. The van der Waals surface area contributed by atoms with Crippen LogP contribution in [0.3, 0.4) is 0 Å². The van der Waals surface area contributed by atoms with Crippen molar-refractivity contribution in [3.05, 3.63) is 87.7 Å². The number of allylic oxidation sites excluding steroid dienone is 1. The van der Waals surface area contributed by atoms with Gasteiger partial charge in [-0.3, -0.25) is 14.9 Å². The van der Waals surface area contributed by atoms with Crippen LogP contribution in [0, 0.1) is 24.0 Å². The lowest BCUT2D eigenvalue weighted by Crippen LogP contribution is -2.10. The van der Waals surface area contributed by atoms with Crippen LogP contribution in [-0.2, 0) is 4.79 Å². The largest absolute Gasteiger partial charge is 0.496 e. The van der Waals surface area contributed by atoms with E-state index in [1.54, 1.807) is 33.5 Å². The molecule has 4 rings (SSSR count). The normalized spacial score (nSPS) is 11.4. The second-order valence-corrected chi connectivity index (χ2v) is 8.38. The highest BCUT2D eigenvalue weighted by Gasteiger charge is 2.20. The number of aryl methyl sites for hydroxylation is 2. The number of nitro benzene ring substituents is 1. The van der Waals surface area contributed by atoms with Crippen molar-refractivity contribution in [2.75, 3.05) is 19.5 Å². The van der Waals surface area contributed by atoms with Crippen LogP contribution < -0.4 is 14.8 Å². The fourth-order valence-corrected chi connectivity index (χ4v) is 4.25. The number of rotatable bonds is 7. The fraction of sp³-hybridized carbons (Fsp3) is 0.179. The number of anilines is 1. The van der Waals surface area contributed by atoms with Crippen molar-refractivity contribution in [1.82, 2.24) is 0 Å². The van der Waals surface area contributed by atoms with Gasteiger partial charge in [-0.2, -0.15) is 0 Å². The van der Waals surface area contributed by atoms with E-state index >= 15 is 0 Å². The van der Waals surface area contributed by atoms with E-state index in [0.29, 0.717) is 28.3 Å². The summed E-state index contributed by atoms with van der Waals surface area (Å²) in [4.78, 5) is 23.5. The fourth-order valence-electron chi connectivity index (χ4n) is 4.25. The lowest BCUT2D eigenvalue weighted by atomic mass is 9.96. The molecular formula is C28H26N2O6. The molecule has 1 heterocycles. The molecule has 0 bridgehead atoms. The second kappa shape index (κ2) is 9.95. The van der Waals surface area contributed by atoms with Gasteiger partial charge < -0.3 is 19.2 Å². The number of fused-ring (bicyclic) bond motifs is 1. The Hall–Kier alpha value is -4.59. The Morgan fingerprint density at radius 1 is 1.06 bits per heavy atom. The van der Waals surface area contributed by atoms with E-state index in [4.69, 9.17) is 13.9 Å². The molecule has 0 fully saturated rings. The van der Waals surface area contributed by atoms with E-state index in [2.05, 4.69) is 5.32 Å². The summed E-state index contributed by atoms with van der Waals surface area (Å²) in [5, 5.41) is 14.7. The quantitative estimate of drug-likeness (QED) is 0.177. The lowest BCUT2D eigenvalue weighted by Gasteiger charge is -2.14. The molecule has 8 nitrogen and oxygen atoms in total. The summed E-state index contributed by atoms with van der Waals surface area (Å²) >= 11 is 0. The Balaban J connectivity index is 1.77. The van der Waals surface area contributed by atoms with Crippen LogP contribution in [0.15, 0.2) is 65.3 Å². The highest BCUT2D eigenvalue weighted by atomic mass is 16.6. The Bertz CT molecular complexity index is 1520. The number of hydrogen-bond donors (Lipinski definition) is 1. The molecule has 0 saturated carbocycles. The summed E-state index contributed by atoms with van der Waals surface area (Å²) in [5.74, 6) is 0.902. The van der Waals surface area contributed by atoms with Crippen LogP contribution >= 0.6 is 0 Å². The zero-order valence-corrected chi connectivity index (χ0v) is 20.7. The molecule has 184 valence electrons. The van der Waals surface area contributed by atoms with Crippen molar-refractivity contribution in [3.8, 4) is 22.6 Å². The van der Waals surface area contributed by atoms with E-state index < -0.39 is 10.8 Å². The number of hydrogen-bond acceptors (Lipinski definition) is 6. The first kappa shape index (κ1) is 24.5. The number of para-hydroxylation sites is 1. The number of nitro groups is 1. The van der Waals surface area contributed by atoms with E-state index in [0.717, 1.165) is 33.2 Å². The number of carbonyl (C=O) groups is 1.